The van der Waals surface area contributed by atoms with Crippen molar-refractivity contribution in [2.24, 2.45) is 11.7 Å². The molecule has 0 radical (unpaired) electrons. The van der Waals surface area contributed by atoms with E-state index in [1.54, 1.807) is 4.90 Å². The predicted molar refractivity (Wildman–Crippen MR) is 40.8 cm³/mol. The standard InChI is InChI=1S/C7H14N2O2/c8-3-7(11)9-2-1-6(4-9)5-10/h6,10H,1-5,8H2. The van der Waals surface area contributed by atoms with Gasteiger partial charge in [-0.1, -0.05) is 0 Å². The Morgan fingerprint density at radius 2 is 2.45 bits per heavy atom. The Kier molecular flexibility index (Phi) is 2.84. The van der Waals surface area contributed by atoms with Gasteiger partial charge in [-0.3, -0.25) is 4.79 Å². The molecular formula is C7H14N2O2. The first kappa shape index (κ1) is 8.49. The summed E-state index contributed by atoms with van der Waals surface area (Å²) in [6.45, 7) is 1.68. The quantitative estimate of drug-likeness (QED) is 0.529. The van der Waals surface area contributed by atoms with E-state index in [9.17, 15) is 4.79 Å². The van der Waals surface area contributed by atoms with E-state index in [1.807, 2.05) is 0 Å². The molecule has 0 bridgehead atoms. The number of hydrogen-bond donors (Lipinski definition) is 2. The van der Waals surface area contributed by atoms with E-state index < -0.39 is 0 Å². The smallest absolute Gasteiger partial charge is 0.236 e. The minimum absolute atomic E-state index is 0.0130. The van der Waals surface area contributed by atoms with Gasteiger partial charge in [0, 0.05) is 25.6 Å². The molecule has 1 unspecified atom stereocenters. The fraction of sp³-hybridized carbons (Fsp3) is 0.857. The van der Waals surface area contributed by atoms with Crippen molar-refractivity contribution in [2.45, 2.75) is 6.42 Å². The van der Waals surface area contributed by atoms with Gasteiger partial charge >= 0.3 is 0 Å². The minimum Gasteiger partial charge on any atom is -0.396 e. The number of hydrogen-bond acceptors (Lipinski definition) is 3. The highest BCUT2D eigenvalue weighted by Gasteiger charge is 2.24. The molecule has 1 heterocycles. The summed E-state index contributed by atoms with van der Waals surface area (Å²) in [6.07, 6.45) is 0.905. The molecule has 0 spiro atoms. The average Bonchev–Trinajstić information content (AvgIpc) is 2.50. The molecule has 1 rings (SSSR count). The summed E-state index contributed by atoms with van der Waals surface area (Å²) in [7, 11) is 0. The summed E-state index contributed by atoms with van der Waals surface area (Å²) in [5.41, 5.74) is 5.19. The first-order valence-corrected chi connectivity index (χ1v) is 3.86. The molecule has 4 nitrogen and oxygen atoms in total. The van der Waals surface area contributed by atoms with Gasteiger partial charge in [0.1, 0.15) is 0 Å². The molecule has 0 saturated carbocycles. The average molecular weight is 158 g/mol. The molecule has 0 aliphatic carbocycles. The van der Waals surface area contributed by atoms with Gasteiger partial charge in [0.25, 0.3) is 0 Å². The van der Waals surface area contributed by atoms with Gasteiger partial charge in [-0.2, -0.15) is 0 Å². The number of carbonyl (C=O) groups is 1. The summed E-state index contributed by atoms with van der Waals surface area (Å²) in [6, 6.07) is 0. The van der Waals surface area contributed by atoms with Gasteiger partial charge in [0.15, 0.2) is 0 Å². The van der Waals surface area contributed by atoms with E-state index in [1.165, 1.54) is 0 Å². The van der Waals surface area contributed by atoms with Crippen LogP contribution in [-0.4, -0.2) is 42.2 Å². The van der Waals surface area contributed by atoms with E-state index in [0.717, 1.165) is 13.0 Å². The van der Waals surface area contributed by atoms with Crippen LogP contribution in [0, 0.1) is 5.92 Å². The first-order valence-electron chi connectivity index (χ1n) is 3.86. The second-order valence-electron chi connectivity index (χ2n) is 2.88. The van der Waals surface area contributed by atoms with Crippen molar-refractivity contribution >= 4 is 5.91 Å². The van der Waals surface area contributed by atoms with Crippen LogP contribution in [0.4, 0.5) is 0 Å². The summed E-state index contributed by atoms with van der Waals surface area (Å²) >= 11 is 0. The van der Waals surface area contributed by atoms with E-state index >= 15 is 0 Å². The van der Waals surface area contributed by atoms with Crippen LogP contribution in [0.2, 0.25) is 0 Å². The van der Waals surface area contributed by atoms with Crippen LogP contribution in [-0.2, 0) is 4.79 Å². The Balaban J connectivity index is 2.35. The number of aliphatic hydroxyl groups is 1. The number of likely N-dealkylation sites (tertiary alicyclic amines) is 1. The number of carbonyl (C=O) groups excluding carboxylic acids is 1. The zero-order valence-electron chi connectivity index (χ0n) is 6.49. The Hall–Kier alpha value is -0.610. The predicted octanol–water partition coefficient (Wildman–Crippen LogP) is -1.21. The van der Waals surface area contributed by atoms with Crippen molar-refractivity contribution in [1.29, 1.82) is 0 Å². The number of nitrogens with zero attached hydrogens (tertiary/aromatic N) is 1. The van der Waals surface area contributed by atoms with Gasteiger partial charge in [-0.05, 0) is 6.42 Å². The first-order chi connectivity index (χ1) is 5.27. The monoisotopic (exact) mass is 158 g/mol. The molecule has 4 heteroatoms. The summed E-state index contributed by atoms with van der Waals surface area (Å²) in [4.78, 5) is 12.7. The number of aliphatic hydroxyl groups excluding tert-OH is 1. The molecule has 1 fully saturated rings. The third-order valence-corrected chi connectivity index (χ3v) is 2.07. The van der Waals surface area contributed by atoms with Crippen LogP contribution in [0.5, 0.6) is 0 Å². The molecular weight excluding hydrogens is 144 g/mol. The Bertz CT molecular complexity index is 149. The molecule has 1 atom stereocenters. The third-order valence-electron chi connectivity index (χ3n) is 2.07. The second kappa shape index (κ2) is 3.69. The highest BCUT2D eigenvalue weighted by atomic mass is 16.3. The van der Waals surface area contributed by atoms with Crippen molar-refractivity contribution in [1.82, 2.24) is 4.90 Å². The second-order valence-corrected chi connectivity index (χ2v) is 2.88. The fourth-order valence-corrected chi connectivity index (χ4v) is 1.34. The van der Waals surface area contributed by atoms with Gasteiger partial charge in [-0.15, -0.1) is 0 Å². The van der Waals surface area contributed by atoms with Crippen LogP contribution < -0.4 is 5.73 Å². The zero-order valence-corrected chi connectivity index (χ0v) is 6.49. The Morgan fingerprint density at radius 1 is 1.73 bits per heavy atom. The molecule has 0 aromatic rings. The third kappa shape index (κ3) is 1.91. The van der Waals surface area contributed by atoms with Gasteiger partial charge in [-0.25, -0.2) is 0 Å². The van der Waals surface area contributed by atoms with E-state index in [0.29, 0.717) is 6.54 Å². The van der Waals surface area contributed by atoms with Crippen LogP contribution in [0.3, 0.4) is 0 Å². The maximum Gasteiger partial charge on any atom is 0.236 e. The lowest BCUT2D eigenvalue weighted by molar-refractivity contribution is -0.128. The topological polar surface area (TPSA) is 66.6 Å². The van der Waals surface area contributed by atoms with E-state index in [2.05, 4.69) is 0 Å². The van der Waals surface area contributed by atoms with Gasteiger partial charge < -0.3 is 15.7 Å². The molecule has 64 valence electrons. The van der Waals surface area contributed by atoms with Crippen molar-refractivity contribution < 1.29 is 9.90 Å². The van der Waals surface area contributed by atoms with Crippen molar-refractivity contribution in [3.8, 4) is 0 Å². The molecule has 1 amide bonds. The molecule has 0 aromatic heterocycles. The van der Waals surface area contributed by atoms with Gasteiger partial charge in [0.2, 0.25) is 5.91 Å². The lowest BCUT2D eigenvalue weighted by atomic mass is 10.1. The molecule has 1 saturated heterocycles. The Labute approximate surface area is 66.0 Å². The number of amides is 1. The lowest BCUT2D eigenvalue weighted by Gasteiger charge is -2.14. The maximum atomic E-state index is 11.0. The highest BCUT2D eigenvalue weighted by molar-refractivity contribution is 5.78. The van der Waals surface area contributed by atoms with Crippen molar-refractivity contribution in [3.05, 3.63) is 0 Å². The van der Waals surface area contributed by atoms with Crippen molar-refractivity contribution in [3.63, 3.8) is 0 Å². The lowest BCUT2D eigenvalue weighted by Crippen LogP contribution is -2.34. The van der Waals surface area contributed by atoms with Crippen LogP contribution in [0.1, 0.15) is 6.42 Å². The zero-order chi connectivity index (χ0) is 8.27. The SMILES string of the molecule is NCC(=O)N1CCC(CO)C1. The summed E-state index contributed by atoms with van der Waals surface area (Å²) in [5, 5.41) is 8.77. The van der Waals surface area contributed by atoms with E-state index in [4.69, 9.17) is 10.8 Å². The largest absolute Gasteiger partial charge is 0.396 e. The molecule has 11 heavy (non-hydrogen) atoms. The summed E-state index contributed by atoms with van der Waals surface area (Å²) in [5.74, 6) is 0.256. The molecule has 1 aliphatic rings. The maximum absolute atomic E-state index is 11.0. The minimum atomic E-state index is -0.0130. The highest BCUT2D eigenvalue weighted by Crippen LogP contribution is 2.14. The van der Waals surface area contributed by atoms with Crippen LogP contribution in [0.25, 0.3) is 0 Å². The van der Waals surface area contributed by atoms with Crippen LogP contribution >= 0.6 is 0 Å². The van der Waals surface area contributed by atoms with Gasteiger partial charge in [0.05, 0.1) is 6.54 Å². The molecule has 3 N–H and O–H groups in total. The summed E-state index contributed by atoms with van der Waals surface area (Å²) < 4.78 is 0. The van der Waals surface area contributed by atoms with Crippen LogP contribution in [0.15, 0.2) is 0 Å². The van der Waals surface area contributed by atoms with E-state index in [-0.39, 0.29) is 25.0 Å². The number of nitrogens with two attached hydrogens (primary N) is 1. The molecule has 1 aliphatic heterocycles. The van der Waals surface area contributed by atoms with Crippen molar-refractivity contribution in [2.75, 3.05) is 26.2 Å². The normalized spacial score (nSPS) is 24.2. The fourth-order valence-electron chi connectivity index (χ4n) is 1.34. The Morgan fingerprint density at radius 3 is 2.91 bits per heavy atom. The molecule has 0 aromatic carbocycles. The number of rotatable bonds is 2.